The maximum absolute atomic E-state index is 14.2. The number of benzene rings is 3. The van der Waals surface area contributed by atoms with Crippen molar-refractivity contribution in [1.82, 2.24) is 13.9 Å². The zero-order chi connectivity index (χ0) is 37.2. The van der Waals surface area contributed by atoms with Crippen LogP contribution in [0, 0.1) is 0 Å². The zero-order valence-corrected chi connectivity index (χ0v) is 30.2. The van der Waals surface area contributed by atoms with E-state index in [1.165, 1.54) is 53.3 Å². The van der Waals surface area contributed by atoms with Crippen molar-refractivity contribution in [3.8, 4) is 11.1 Å². The van der Waals surface area contributed by atoms with Gasteiger partial charge in [0, 0.05) is 36.3 Å². The number of sulfonamides is 3. The number of hydrogen-bond acceptors (Lipinski definition) is 8. The molecule has 0 aromatic heterocycles. The lowest BCUT2D eigenvalue weighted by atomic mass is 10.1. The van der Waals surface area contributed by atoms with Crippen LogP contribution in [0.3, 0.4) is 0 Å². The molecule has 0 spiro atoms. The first-order chi connectivity index (χ1) is 23.9. The maximum Gasteiger partial charge on any atom is 0.511 e. The van der Waals surface area contributed by atoms with Crippen molar-refractivity contribution in [2.24, 2.45) is 0 Å². The molecule has 5 rings (SSSR count). The molecule has 286 valence electrons. The van der Waals surface area contributed by atoms with E-state index in [-0.39, 0.29) is 35.7 Å². The van der Waals surface area contributed by atoms with Gasteiger partial charge in [0.15, 0.2) is 0 Å². The third-order valence-electron chi connectivity index (χ3n) is 8.97. The molecule has 52 heavy (non-hydrogen) atoms. The minimum atomic E-state index is -5.89. The van der Waals surface area contributed by atoms with E-state index < -0.39 is 66.1 Å². The molecule has 1 saturated carbocycles. The van der Waals surface area contributed by atoms with Gasteiger partial charge in [-0.25, -0.2) is 30.0 Å². The summed E-state index contributed by atoms with van der Waals surface area (Å²) in [6.07, 6.45) is 2.73. The molecule has 3 aromatic carbocycles. The number of carbonyl (C=O) groups is 1. The van der Waals surface area contributed by atoms with Crippen LogP contribution in [0.15, 0.2) is 77.7 Å². The summed E-state index contributed by atoms with van der Waals surface area (Å²) in [7, 11) is -14.5. The summed E-state index contributed by atoms with van der Waals surface area (Å²) in [4.78, 5) is 14.6. The number of rotatable bonds is 15. The Bertz CT molecular complexity index is 2060. The number of likely N-dealkylation sites (tertiary alicyclic amines) is 1. The highest BCUT2D eigenvalue weighted by atomic mass is 35.5. The molecule has 0 amide bonds. The Hall–Kier alpha value is -3.26. The zero-order valence-electron chi connectivity index (χ0n) is 27.0. The normalized spacial score (nSPS) is 19.9. The van der Waals surface area contributed by atoms with Crippen LogP contribution in [-0.2, 0) is 34.9 Å². The number of carboxylic acids is 1. The lowest BCUT2D eigenvalue weighted by Gasteiger charge is -2.30. The van der Waals surface area contributed by atoms with Gasteiger partial charge >= 0.3 is 21.5 Å². The molecular formula is C33H40ClF3N4O8S3. The van der Waals surface area contributed by atoms with Crippen molar-refractivity contribution in [2.45, 2.75) is 55.0 Å². The van der Waals surface area contributed by atoms with E-state index in [0.717, 1.165) is 32.4 Å². The maximum atomic E-state index is 14.2. The average molecular weight is 809 g/mol. The SMILES string of the molecule is C.O=C(O)C1(N(CCNS(=O)(=O)C(F)(F)F)S(=O)(=O)c2ccc(-c3ccc(Cl)cc3)cc2)CC1c1cccc(NS(=O)(=O)CCN2CCCCC2)c1. The highest BCUT2D eigenvalue weighted by molar-refractivity contribution is 7.92. The van der Waals surface area contributed by atoms with Gasteiger partial charge in [-0.1, -0.05) is 61.8 Å². The second-order valence-electron chi connectivity index (χ2n) is 12.4. The quantitative estimate of drug-likeness (QED) is 0.184. The van der Waals surface area contributed by atoms with Crippen molar-refractivity contribution in [2.75, 3.05) is 43.2 Å². The molecule has 2 fully saturated rings. The van der Waals surface area contributed by atoms with Crippen LogP contribution in [0.25, 0.3) is 11.1 Å². The molecule has 12 nitrogen and oxygen atoms in total. The Balaban J connectivity index is 0.00000605. The number of anilines is 1. The third-order valence-corrected chi connectivity index (χ3v) is 13.6. The first kappa shape index (κ1) is 41.5. The summed E-state index contributed by atoms with van der Waals surface area (Å²) in [6, 6.07) is 17.8. The first-order valence-corrected chi connectivity index (χ1v) is 20.8. The molecule has 2 atom stereocenters. The highest BCUT2D eigenvalue weighted by Gasteiger charge is 2.68. The van der Waals surface area contributed by atoms with E-state index >= 15 is 0 Å². The lowest BCUT2D eigenvalue weighted by molar-refractivity contribution is -0.143. The van der Waals surface area contributed by atoms with Gasteiger partial charge in [-0.15, -0.1) is 0 Å². The number of carboxylic acid groups (broad SMARTS) is 1. The minimum absolute atomic E-state index is 0. The summed E-state index contributed by atoms with van der Waals surface area (Å²) >= 11 is 5.95. The van der Waals surface area contributed by atoms with E-state index in [1.807, 2.05) is 0 Å². The summed E-state index contributed by atoms with van der Waals surface area (Å²) in [6.45, 7) is -0.142. The Morgan fingerprint density at radius 2 is 1.52 bits per heavy atom. The molecule has 1 aliphatic carbocycles. The standard InChI is InChI=1S/C32H36ClF3N4O8S3.CH4/c33-26-11-7-23(8-12-26)24-9-13-28(14-10-24)50(45,46)40(18-15-37-51(47,48)32(34,35)36)31(30(41)42)22-29(31)25-5-4-6-27(21-25)38-49(43,44)20-19-39-16-2-1-3-17-39;/h4-14,21,29,37-38H,1-3,15-20,22H2,(H,41,42);1H4. The van der Waals surface area contributed by atoms with E-state index in [4.69, 9.17) is 11.6 Å². The predicted molar refractivity (Wildman–Crippen MR) is 192 cm³/mol. The second-order valence-corrected chi connectivity index (χ2v) is 18.3. The van der Waals surface area contributed by atoms with Crippen molar-refractivity contribution in [1.29, 1.82) is 0 Å². The monoisotopic (exact) mass is 808 g/mol. The molecular weight excluding hydrogens is 769 g/mol. The molecule has 19 heteroatoms. The molecule has 3 aromatic rings. The van der Waals surface area contributed by atoms with E-state index in [0.29, 0.717) is 27.0 Å². The smallest absolute Gasteiger partial charge is 0.480 e. The minimum Gasteiger partial charge on any atom is -0.480 e. The Morgan fingerprint density at radius 1 is 0.923 bits per heavy atom. The van der Waals surface area contributed by atoms with Crippen LogP contribution in [-0.4, -0.2) is 95.1 Å². The molecule has 2 aliphatic rings. The average Bonchev–Trinajstić information content (AvgIpc) is 3.83. The number of piperidine rings is 1. The largest absolute Gasteiger partial charge is 0.511 e. The molecule has 0 radical (unpaired) electrons. The number of nitrogens with one attached hydrogen (secondary N) is 2. The fraction of sp³-hybridized carbons (Fsp3) is 0.424. The van der Waals surface area contributed by atoms with Gasteiger partial charge in [0.1, 0.15) is 5.54 Å². The van der Waals surface area contributed by atoms with Gasteiger partial charge in [-0.05, 0) is 85.4 Å². The van der Waals surface area contributed by atoms with Gasteiger partial charge in [-0.3, -0.25) is 9.52 Å². The second kappa shape index (κ2) is 16.0. The van der Waals surface area contributed by atoms with Gasteiger partial charge in [0.25, 0.3) is 0 Å². The number of aliphatic carboxylic acids is 1. The van der Waals surface area contributed by atoms with Gasteiger partial charge in [0.2, 0.25) is 20.0 Å². The summed E-state index contributed by atoms with van der Waals surface area (Å²) in [5, 5.41) is 11.0. The Kier molecular flexibility index (Phi) is 12.8. The number of nitrogens with zero attached hydrogens (tertiary/aromatic N) is 2. The van der Waals surface area contributed by atoms with Crippen LogP contribution < -0.4 is 9.44 Å². The Morgan fingerprint density at radius 3 is 2.10 bits per heavy atom. The van der Waals surface area contributed by atoms with E-state index in [1.54, 1.807) is 24.3 Å². The number of alkyl halides is 3. The first-order valence-electron chi connectivity index (χ1n) is 15.9. The molecule has 1 aliphatic heterocycles. The summed E-state index contributed by atoms with van der Waals surface area (Å²) < 4.78 is 121. The molecule has 1 saturated heterocycles. The van der Waals surface area contributed by atoms with Crippen LogP contribution in [0.1, 0.15) is 44.6 Å². The van der Waals surface area contributed by atoms with E-state index in [2.05, 4.69) is 9.62 Å². The molecule has 2 unspecified atom stereocenters. The predicted octanol–water partition coefficient (Wildman–Crippen LogP) is 5.31. The third kappa shape index (κ3) is 9.26. The molecule has 0 bridgehead atoms. The van der Waals surface area contributed by atoms with Crippen LogP contribution >= 0.6 is 11.6 Å². The highest BCUT2D eigenvalue weighted by Crippen LogP contribution is 2.57. The van der Waals surface area contributed by atoms with Crippen LogP contribution in [0.5, 0.6) is 0 Å². The molecule has 3 N–H and O–H groups in total. The summed E-state index contributed by atoms with van der Waals surface area (Å²) in [5.74, 6) is -2.88. The van der Waals surface area contributed by atoms with Gasteiger partial charge < -0.3 is 10.0 Å². The van der Waals surface area contributed by atoms with Gasteiger partial charge in [-0.2, -0.15) is 17.5 Å². The summed E-state index contributed by atoms with van der Waals surface area (Å²) in [5.41, 5.74) is -6.30. The van der Waals surface area contributed by atoms with E-state index in [9.17, 15) is 48.3 Å². The van der Waals surface area contributed by atoms with Gasteiger partial charge in [0.05, 0.1) is 10.6 Å². The number of halogens is 4. The lowest BCUT2D eigenvalue weighted by Crippen LogP contribution is -2.51. The Labute approximate surface area is 307 Å². The fourth-order valence-electron chi connectivity index (χ4n) is 6.23. The topological polar surface area (TPSA) is 170 Å². The number of hydrogen-bond donors (Lipinski definition) is 3. The van der Waals surface area contributed by atoms with Crippen molar-refractivity contribution in [3.63, 3.8) is 0 Å². The van der Waals surface area contributed by atoms with Crippen molar-refractivity contribution < 1.29 is 48.3 Å². The van der Waals surface area contributed by atoms with Crippen molar-refractivity contribution >= 4 is 53.3 Å². The van der Waals surface area contributed by atoms with Crippen molar-refractivity contribution in [3.05, 3.63) is 83.4 Å². The van der Waals surface area contributed by atoms with Crippen LogP contribution in [0.4, 0.5) is 18.9 Å². The molecule has 1 heterocycles. The fourth-order valence-corrected chi connectivity index (χ4v) is 9.74. The van der Waals surface area contributed by atoms with Crippen LogP contribution in [0.2, 0.25) is 5.02 Å².